The van der Waals surface area contributed by atoms with Gasteiger partial charge in [0.2, 0.25) is 0 Å². The first-order valence-corrected chi connectivity index (χ1v) is 5.08. The second kappa shape index (κ2) is 5.46. The Balaban J connectivity index is 3.45. The Kier molecular flexibility index (Phi) is 4.24. The van der Waals surface area contributed by atoms with Gasteiger partial charge in [-0.2, -0.15) is 0 Å². The van der Waals surface area contributed by atoms with Gasteiger partial charge < -0.3 is 21.7 Å². The predicted molar refractivity (Wildman–Crippen MR) is 63.5 cm³/mol. The van der Waals surface area contributed by atoms with Crippen LogP contribution in [0.25, 0.3) is 0 Å². The maximum Gasteiger partial charge on any atom is 0.278 e. The standard InChI is InChI=1S/C10H15N3O4/c11-8-5-6(1-3-14)10(13(16)17)7(2-4-15)9(8)12/h5,14-15H,1-4,11-12H2. The van der Waals surface area contributed by atoms with E-state index in [0.717, 1.165) is 0 Å². The molecule has 0 fully saturated rings. The van der Waals surface area contributed by atoms with Crippen molar-refractivity contribution in [2.75, 3.05) is 24.7 Å². The lowest BCUT2D eigenvalue weighted by Gasteiger charge is -2.12. The Bertz CT molecular complexity index is 434. The van der Waals surface area contributed by atoms with Crippen molar-refractivity contribution in [1.82, 2.24) is 0 Å². The van der Waals surface area contributed by atoms with Crippen LogP contribution in [0.15, 0.2) is 6.07 Å². The third kappa shape index (κ3) is 2.63. The molecule has 0 amide bonds. The molecule has 0 spiro atoms. The minimum Gasteiger partial charge on any atom is -0.397 e. The van der Waals surface area contributed by atoms with Gasteiger partial charge in [0.25, 0.3) is 5.69 Å². The molecule has 1 aromatic rings. The van der Waals surface area contributed by atoms with Crippen LogP contribution in [-0.2, 0) is 12.8 Å². The van der Waals surface area contributed by atoms with Gasteiger partial charge in [-0.05, 0) is 6.07 Å². The van der Waals surface area contributed by atoms with E-state index in [1.54, 1.807) is 0 Å². The number of aliphatic hydroxyl groups is 2. The average Bonchev–Trinajstić information content (AvgIpc) is 2.25. The molecule has 7 heteroatoms. The van der Waals surface area contributed by atoms with Crippen molar-refractivity contribution in [2.24, 2.45) is 0 Å². The minimum atomic E-state index is -0.564. The van der Waals surface area contributed by atoms with Crippen LogP contribution >= 0.6 is 0 Å². The van der Waals surface area contributed by atoms with Crippen molar-refractivity contribution >= 4 is 17.1 Å². The molecule has 0 aliphatic carbocycles. The summed E-state index contributed by atoms with van der Waals surface area (Å²) in [6.45, 7) is -0.476. The number of hydrogen-bond donors (Lipinski definition) is 4. The molecular formula is C10H15N3O4. The summed E-state index contributed by atoms with van der Waals surface area (Å²) in [7, 11) is 0. The van der Waals surface area contributed by atoms with E-state index in [4.69, 9.17) is 21.7 Å². The minimum absolute atomic E-state index is 0.0611. The average molecular weight is 241 g/mol. The first-order chi connectivity index (χ1) is 8.02. The van der Waals surface area contributed by atoms with Crippen LogP contribution in [-0.4, -0.2) is 28.4 Å². The monoisotopic (exact) mass is 241 g/mol. The molecule has 0 unspecified atom stereocenters. The lowest BCUT2D eigenvalue weighted by atomic mass is 9.99. The maximum absolute atomic E-state index is 11.0. The molecule has 0 aliphatic rings. The number of anilines is 2. The van der Waals surface area contributed by atoms with Crippen LogP contribution in [0.1, 0.15) is 11.1 Å². The molecule has 0 saturated carbocycles. The van der Waals surface area contributed by atoms with Gasteiger partial charge in [-0.25, -0.2) is 0 Å². The summed E-state index contributed by atoms with van der Waals surface area (Å²) < 4.78 is 0. The van der Waals surface area contributed by atoms with E-state index in [1.165, 1.54) is 6.07 Å². The lowest BCUT2D eigenvalue weighted by molar-refractivity contribution is -0.386. The van der Waals surface area contributed by atoms with Crippen molar-refractivity contribution in [3.05, 3.63) is 27.3 Å². The lowest BCUT2D eigenvalue weighted by Crippen LogP contribution is -2.10. The molecule has 1 aromatic carbocycles. The van der Waals surface area contributed by atoms with Crippen molar-refractivity contribution in [3.8, 4) is 0 Å². The van der Waals surface area contributed by atoms with E-state index < -0.39 is 4.92 Å². The molecule has 0 aromatic heterocycles. The summed E-state index contributed by atoms with van der Waals surface area (Å²) in [5, 5.41) is 28.8. The Hall–Kier alpha value is -1.86. The molecule has 0 saturated heterocycles. The van der Waals surface area contributed by atoms with Gasteiger partial charge in [0.15, 0.2) is 0 Å². The van der Waals surface area contributed by atoms with Crippen molar-refractivity contribution in [1.29, 1.82) is 0 Å². The molecule has 0 bridgehead atoms. The maximum atomic E-state index is 11.0. The molecule has 0 radical (unpaired) electrons. The molecule has 7 nitrogen and oxygen atoms in total. The smallest absolute Gasteiger partial charge is 0.278 e. The Labute approximate surface area is 97.8 Å². The van der Waals surface area contributed by atoms with Gasteiger partial charge >= 0.3 is 0 Å². The van der Waals surface area contributed by atoms with E-state index >= 15 is 0 Å². The summed E-state index contributed by atoms with van der Waals surface area (Å²) in [5.41, 5.74) is 12.0. The molecule has 6 N–H and O–H groups in total. The van der Waals surface area contributed by atoms with Gasteiger partial charge in [-0.1, -0.05) is 0 Å². The fraction of sp³-hybridized carbons (Fsp3) is 0.400. The number of nitro benzene ring substituents is 1. The normalized spacial score (nSPS) is 10.5. The molecule has 94 valence electrons. The Morgan fingerprint density at radius 2 is 1.82 bits per heavy atom. The molecule has 0 heterocycles. The first kappa shape index (κ1) is 13.2. The van der Waals surface area contributed by atoms with Gasteiger partial charge in [0.05, 0.1) is 21.9 Å². The number of nitro groups is 1. The van der Waals surface area contributed by atoms with Crippen molar-refractivity contribution < 1.29 is 15.1 Å². The molecular weight excluding hydrogens is 226 g/mol. The van der Waals surface area contributed by atoms with Crippen LogP contribution in [0.3, 0.4) is 0 Å². The van der Waals surface area contributed by atoms with Gasteiger partial charge in [-0.3, -0.25) is 10.1 Å². The molecule has 1 rings (SSSR count). The second-order valence-electron chi connectivity index (χ2n) is 3.57. The highest BCUT2D eigenvalue weighted by atomic mass is 16.6. The topological polar surface area (TPSA) is 136 Å². The van der Waals surface area contributed by atoms with Crippen LogP contribution in [0.5, 0.6) is 0 Å². The van der Waals surface area contributed by atoms with Crippen LogP contribution in [0, 0.1) is 10.1 Å². The summed E-state index contributed by atoms with van der Waals surface area (Å²) >= 11 is 0. The zero-order valence-corrected chi connectivity index (χ0v) is 9.22. The SMILES string of the molecule is Nc1cc(CCO)c([N+](=O)[O-])c(CCO)c1N. The number of nitrogen functional groups attached to an aromatic ring is 2. The number of aliphatic hydroxyl groups excluding tert-OH is 2. The van der Waals surface area contributed by atoms with E-state index in [1.807, 2.05) is 0 Å². The zero-order valence-electron chi connectivity index (χ0n) is 9.22. The highest BCUT2D eigenvalue weighted by Gasteiger charge is 2.23. The quantitative estimate of drug-likeness (QED) is 0.321. The summed E-state index contributed by atoms with van der Waals surface area (Å²) in [5.74, 6) is 0. The number of benzene rings is 1. The van der Waals surface area contributed by atoms with Crippen LogP contribution < -0.4 is 11.5 Å². The highest BCUT2D eigenvalue weighted by Crippen LogP contribution is 2.34. The fourth-order valence-electron chi connectivity index (χ4n) is 1.73. The molecule has 0 aliphatic heterocycles. The number of nitrogens with zero attached hydrogens (tertiary/aromatic N) is 1. The van der Waals surface area contributed by atoms with Gasteiger partial charge in [0, 0.05) is 31.6 Å². The summed E-state index contributed by atoms with van der Waals surface area (Å²) in [6, 6.07) is 1.39. The fourth-order valence-corrected chi connectivity index (χ4v) is 1.73. The second-order valence-corrected chi connectivity index (χ2v) is 3.57. The largest absolute Gasteiger partial charge is 0.397 e. The zero-order chi connectivity index (χ0) is 13.0. The number of hydrogen-bond acceptors (Lipinski definition) is 6. The highest BCUT2D eigenvalue weighted by molar-refractivity contribution is 5.75. The van der Waals surface area contributed by atoms with Crippen LogP contribution in [0.4, 0.5) is 17.1 Å². The van der Waals surface area contributed by atoms with Crippen molar-refractivity contribution in [3.63, 3.8) is 0 Å². The van der Waals surface area contributed by atoms with E-state index in [9.17, 15) is 10.1 Å². The number of rotatable bonds is 5. The Morgan fingerprint density at radius 1 is 1.24 bits per heavy atom. The first-order valence-electron chi connectivity index (χ1n) is 5.08. The van der Waals surface area contributed by atoms with E-state index in [2.05, 4.69) is 0 Å². The van der Waals surface area contributed by atoms with E-state index in [-0.39, 0.29) is 48.7 Å². The van der Waals surface area contributed by atoms with E-state index in [0.29, 0.717) is 5.56 Å². The third-order valence-corrected chi connectivity index (χ3v) is 2.48. The van der Waals surface area contributed by atoms with Gasteiger partial charge in [0.1, 0.15) is 0 Å². The third-order valence-electron chi connectivity index (χ3n) is 2.48. The van der Waals surface area contributed by atoms with Crippen LogP contribution in [0.2, 0.25) is 0 Å². The summed E-state index contributed by atoms with van der Waals surface area (Å²) in [6.07, 6.45) is 0.185. The van der Waals surface area contributed by atoms with Gasteiger partial charge in [-0.15, -0.1) is 0 Å². The predicted octanol–water partition coefficient (Wildman–Crippen LogP) is -0.171. The summed E-state index contributed by atoms with van der Waals surface area (Å²) in [4.78, 5) is 10.4. The Morgan fingerprint density at radius 3 is 2.29 bits per heavy atom. The molecule has 17 heavy (non-hydrogen) atoms. The molecule has 0 atom stereocenters. The number of nitrogens with two attached hydrogens (primary N) is 2. The van der Waals surface area contributed by atoms with Crippen molar-refractivity contribution in [2.45, 2.75) is 12.8 Å².